The molecule has 1 aromatic heterocycles. The topological polar surface area (TPSA) is 64.1 Å². The zero-order valence-electron chi connectivity index (χ0n) is 10.9. The van der Waals surface area contributed by atoms with E-state index in [1.807, 2.05) is 13.8 Å². The monoisotopic (exact) mass is 271 g/mol. The van der Waals surface area contributed by atoms with E-state index in [9.17, 15) is 4.79 Å². The highest BCUT2D eigenvalue weighted by molar-refractivity contribution is 6.30. The molecule has 0 aliphatic carbocycles. The fourth-order valence-corrected chi connectivity index (χ4v) is 1.60. The van der Waals surface area contributed by atoms with Crippen molar-refractivity contribution in [3.63, 3.8) is 0 Å². The molecule has 1 N–H and O–H groups in total. The standard InChI is InChI=1S/C12H18ClN3O2/c1-4-18-10(17)6-5-7-14-12-9(3)8(2)11(13)15-16-12/h4-7H2,1-3H3,(H,14,16). The molecule has 100 valence electrons. The quantitative estimate of drug-likeness (QED) is 0.636. The number of carbonyl (C=O) groups is 1. The third kappa shape index (κ3) is 4.14. The third-order valence-electron chi connectivity index (χ3n) is 2.62. The van der Waals surface area contributed by atoms with Crippen molar-refractivity contribution in [3.05, 3.63) is 16.3 Å². The Hall–Kier alpha value is -1.36. The van der Waals surface area contributed by atoms with Gasteiger partial charge in [0.1, 0.15) is 0 Å². The van der Waals surface area contributed by atoms with Gasteiger partial charge >= 0.3 is 5.97 Å². The molecule has 1 rings (SSSR count). The Kier molecular flexibility index (Phi) is 5.85. The lowest BCUT2D eigenvalue weighted by Gasteiger charge is -2.10. The second kappa shape index (κ2) is 7.16. The molecule has 1 aromatic rings. The summed E-state index contributed by atoms with van der Waals surface area (Å²) in [4.78, 5) is 11.1. The molecule has 1 heterocycles. The first kappa shape index (κ1) is 14.7. The number of hydrogen-bond acceptors (Lipinski definition) is 5. The molecule has 0 atom stereocenters. The van der Waals surface area contributed by atoms with Gasteiger partial charge in [-0.2, -0.15) is 0 Å². The minimum Gasteiger partial charge on any atom is -0.466 e. The first-order chi connectivity index (χ1) is 8.56. The number of hydrogen-bond donors (Lipinski definition) is 1. The smallest absolute Gasteiger partial charge is 0.305 e. The van der Waals surface area contributed by atoms with Crippen molar-refractivity contribution in [1.82, 2.24) is 10.2 Å². The van der Waals surface area contributed by atoms with Gasteiger partial charge in [0, 0.05) is 13.0 Å². The molecule has 0 aliphatic heterocycles. The maximum absolute atomic E-state index is 11.1. The number of anilines is 1. The van der Waals surface area contributed by atoms with Gasteiger partial charge < -0.3 is 10.1 Å². The Bertz CT molecular complexity index is 424. The molecular weight excluding hydrogens is 254 g/mol. The van der Waals surface area contributed by atoms with Crippen LogP contribution >= 0.6 is 11.6 Å². The zero-order valence-corrected chi connectivity index (χ0v) is 11.7. The minimum absolute atomic E-state index is 0.172. The van der Waals surface area contributed by atoms with E-state index in [1.165, 1.54) is 0 Å². The van der Waals surface area contributed by atoms with Gasteiger partial charge in [-0.25, -0.2) is 0 Å². The molecule has 0 aromatic carbocycles. The summed E-state index contributed by atoms with van der Waals surface area (Å²) in [5.41, 5.74) is 1.89. The highest BCUT2D eigenvalue weighted by Gasteiger charge is 2.07. The van der Waals surface area contributed by atoms with Gasteiger partial charge in [-0.05, 0) is 38.3 Å². The normalized spacial score (nSPS) is 10.2. The SMILES string of the molecule is CCOC(=O)CCCNc1nnc(Cl)c(C)c1C. The molecule has 0 saturated heterocycles. The number of esters is 1. The molecule has 0 spiro atoms. The van der Waals surface area contributed by atoms with Crippen molar-refractivity contribution in [2.24, 2.45) is 0 Å². The molecule has 18 heavy (non-hydrogen) atoms. The fraction of sp³-hybridized carbons (Fsp3) is 0.583. The van der Waals surface area contributed by atoms with Gasteiger partial charge in [0.25, 0.3) is 0 Å². The summed E-state index contributed by atoms with van der Waals surface area (Å²) in [7, 11) is 0. The van der Waals surface area contributed by atoms with E-state index in [4.69, 9.17) is 16.3 Å². The number of nitrogens with one attached hydrogen (secondary N) is 1. The zero-order chi connectivity index (χ0) is 13.5. The van der Waals surface area contributed by atoms with Crippen molar-refractivity contribution >= 4 is 23.4 Å². The average Bonchev–Trinajstić information content (AvgIpc) is 2.34. The van der Waals surface area contributed by atoms with Gasteiger partial charge in [-0.15, -0.1) is 10.2 Å². The van der Waals surface area contributed by atoms with Gasteiger partial charge in [-0.3, -0.25) is 4.79 Å². The second-order valence-electron chi connectivity index (χ2n) is 3.92. The Labute approximate surface area is 112 Å². The summed E-state index contributed by atoms with van der Waals surface area (Å²) in [6.07, 6.45) is 1.10. The first-order valence-corrected chi connectivity index (χ1v) is 6.33. The predicted molar refractivity (Wildman–Crippen MR) is 70.9 cm³/mol. The van der Waals surface area contributed by atoms with Crippen LogP contribution in [0.2, 0.25) is 5.15 Å². The molecule has 0 radical (unpaired) electrons. The highest BCUT2D eigenvalue weighted by Crippen LogP contribution is 2.20. The number of ether oxygens (including phenoxy) is 1. The van der Waals surface area contributed by atoms with E-state index in [1.54, 1.807) is 6.92 Å². The number of aromatic nitrogens is 2. The van der Waals surface area contributed by atoms with Gasteiger partial charge in [0.2, 0.25) is 0 Å². The van der Waals surface area contributed by atoms with Gasteiger partial charge in [-0.1, -0.05) is 11.6 Å². The molecule has 0 saturated carbocycles. The van der Waals surface area contributed by atoms with Crippen LogP contribution in [0.3, 0.4) is 0 Å². The van der Waals surface area contributed by atoms with Crippen LogP contribution in [-0.4, -0.2) is 29.3 Å². The molecule has 0 fully saturated rings. The lowest BCUT2D eigenvalue weighted by molar-refractivity contribution is -0.143. The summed E-state index contributed by atoms with van der Waals surface area (Å²) in [5.74, 6) is 0.537. The largest absolute Gasteiger partial charge is 0.466 e. The van der Waals surface area contributed by atoms with E-state index < -0.39 is 0 Å². The van der Waals surface area contributed by atoms with Crippen molar-refractivity contribution in [2.45, 2.75) is 33.6 Å². The molecule has 0 amide bonds. The van der Waals surface area contributed by atoms with Crippen molar-refractivity contribution in [2.75, 3.05) is 18.5 Å². The maximum Gasteiger partial charge on any atom is 0.305 e. The average molecular weight is 272 g/mol. The van der Waals surface area contributed by atoms with Gasteiger partial charge in [0.05, 0.1) is 6.61 Å². The third-order valence-corrected chi connectivity index (χ3v) is 2.98. The molecule has 0 unspecified atom stereocenters. The molecule has 0 bridgehead atoms. The lowest BCUT2D eigenvalue weighted by atomic mass is 10.2. The molecule has 5 nitrogen and oxygen atoms in total. The fourth-order valence-electron chi connectivity index (χ4n) is 1.42. The first-order valence-electron chi connectivity index (χ1n) is 5.95. The minimum atomic E-state index is -0.172. The van der Waals surface area contributed by atoms with Crippen LogP contribution in [0.1, 0.15) is 30.9 Å². The van der Waals surface area contributed by atoms with Gasteiger partial charge in [0.15, 0.2) is 11.0 Å². The number of nitrogens with zero attached hydrogens (tertiary/aromatic N) is 2. The van der Waals surface area contributed by atoms with Crippen LogP contribution in [0.25, 0.3) is 0 Å². The molecule has 0 aliphatic rings. The Morgan fingerprint density at radius 2 is 2.06 bits per heavy atom. The summed E-state index contributed by atoms with van der Waals surface area (Å²) >= 11 is 5.86. The Balaban J connectivity index is 2.40. The van der Waals surface area contributed by atoms with E-state index in [0.717, 1.165) is 11.1 Å². The van der Waals surface area contributed by atoms with Crippen LogP contribution in [0.15, 0.2) is 0 Å². The Morgan fingerprint density at radius 1 is 1.33 bits per heavy atom. The van der Waals surface area contributed by atoms with Crippen molar-refractivity contribution in [3.8, 4) is 0 Å². The maximum atomic E-state index is 11.1. The van der Waals surface area contributed by atoms with Crippen LogP contribution in [0.4, 0.5) is 5.82 Å². The number of rotatable bonds is 6. The summed E-state index contributed by atoms with van der Waals surface area (Å²) in [6, 6.07) is 0. The van der Waals surface area contributed by atoms with Crippen LogP contribution < -0.4 is 5.32 Å². The summed E-state index contributed by atoms with van der Waals surface area (Å²) < 4.78 is 4.84. The van der Waals surface area contributed by atoms with Crippen LogP contribution in [0, 0.1) is 13.8 Å². The summed E-state index contributed by atoms with van der Waals surface area (Å²) in [6.45, 7) is 6.70. The summed E-state index contributed by atoms with van der Waals surface area (Å²) in [5, 5.41) is 11.4. The second-order valence-corrected chi connectivity index (χ2v) is 4.28. The van der Waals surface area contributed by atoms with E-state index in [2.05, 4.69) is 15.5 Å². The lowest BCUT2D eigenvalue weighted by Crippen LogP contribution is -2.10. The van der Waals surface area contributed by atoms with E-state index >= 15 is 0 Å². The van der Waals surface area contributed by atoms with Crippen molar-refractivity contribution in [1.29, 1.82) is 0 Å². The van der Waals surface area contributed by atoms with Crippen molar-refractivity contribution < 1.29 is 9.53 Å². The Morgan fingerprint density at radius 3 is 2.72 bits per heavy atom. The van der Waals surface area contributed by atoms with Crippen LogP contribution in [-0.2, 0) is 9.53 Å². The van der Waals surface area contributed by atoms with E-state index in [-0.39, 0.29) is 5.97 Å². The highest BCUT2D eigenvalue weighted by atomic mass is 35.5. The number of halogens is 1. The van der Waals surface area contributed by atoms with E-state index in [0.29, 0.717) is 37.0 Å². The number of carbonyl (C=O) groups excluding carboxylic acids is 1. The molecule has 6 heteroatoms. The van der Waals surface area contributed by atoms with Crippen LogP contribution in [0.5, 0.6) is 0 Å². The molecular formula is C12H18ClN3O2. The predicted octanol–water partition coefficient (Wildman–Crippen LogP) is 2.50.